The van der Waals surface area contributed by atoms with Gasteiger partial charge in [-0.15, -0.1) is 0 Å². The Hall–Kier alpha value is -2.29. The summed E-state index contributed by atoms with van der Waals surface area (Å²) >= 11 is 0. The lowest BCUT2D eigenvalue weighted by molar-refractivity contribution is -0.145. The summed E-state index contributed by atoms with van der Waals surface area (Å²) in [7, 11) is 1.53. The van der Waals surface area contributed by atoms with E-state index >= 15 is 0 Å². The highest BCUT2D eigenvalue weighted by molar-refractivity contribution is 5.85. The fraction of sp³-hybridized carbons (Fsp3) is 0.632. The van der Waals surface area contributed by atoms with Crippen molar-refractivity contribution >= 4 is 11.6 Å². The van der Waals surface area contributed by atoms with Crippen LogP contribution in [0.5, 0.6) is 5.88 Å². The van der Waals surface area contributed by atoms with Crippen LogP contribution in [0.1, 0.15) is 37.7 Å². The van der Waals surface area contributed by atoms with Crippen LogP contribution in [0.25, 0.3) is 0 Å². The Labute approximate surface area is 148 Å². The second-order valence-electron chi connectivity index (χ2n) is 7.58. The van der Waals surface area contributed by atoms with Crippen molar-refractivity contribution in [1.29, 1.82) is 5.26 Å². The summed E-state index contributed by atoms with van der Waals surface area (Å²) in [6.07, 6.45) is 7.10. The van der Waals surface area contributed by atoms with E-state index < -0.39 is 0 Å². The quantitative estimate of drug-likeness (QED) is 0.840. The predicted molar refractivity (Wildman–Crippen MR) is 93.3 cm³/mol. The predicted octanol–water partition coefficient (Wildman–Crippen LogP) is 2.19. The summed E-state index contributed by atoms with van der Waals surface area (Å²) in [6.45, 7) is 3.33. The maximum atomic E-state index is 13.2. The molecule has 0 N–H and O–H groups in total. The van der Waals surface area contributed by atoms with Crippen molar-refractivity contribution in [2.24, 2.45) is 11.3 Å². The number of methoxy groups -OCH3 is 1. The van der Waals surface area contributed by atoms with Gasteiger partial charge in [0, 0.05) is 32.4 Å². The summed E-state index contributed by atoms with van der Waals surface area (Å²) in [5.74, 6) is 1.41. The molecule has 25 heavy (non-hydrogen) atoms. The lowest BCUT2D eigenvalue weighted by Crippen LogP contribution is -2.50. The number of likely N-dealkylation sites (tertiary alicyclic amines) is 1. The highest BCUT2D eigenvalue weighted by Gasteiger charge is 2.49. The van der Waals surface area contributed by atoms with Crippen LogP contribution < -0.4 is 9.64 Å². The van der Waals surface area contributed by atoms with Gasteiger partial charge in [0.05, 0.1) is 18.2 Å². The molecule has 132 valence electrons. The van der Waals surface area contributed by atoms with Crippen LogP contribution in [0.4, 0.5) is 5.69 Å². The molecule has 4 rings (SSSR count). The van der Waals surface area contributed by atoms with Crippen molar-refractivity contribution < 1.29 is 9.53 Å². The number of anilines is 1. The average molecular weight is 340 g/mol. The first-order valence-electron chi connectivity index (χ1n) is 9.14. The molecule has 0 radical (unpaired) electrons. The second kappa shape index (κ2) is 6.21. The van der Waals surface area contributed by atoms with Crippen LogP contribution in [-0.2, 0) is 4.79 Å². The van der Waals surface area contributed by atoms with E-state index in [-0.39, 0.29) is 5.41 Å². The number of hydrogen-bond acceptors (Lipinski definition) is 5. The first-order valence-corrected chi connectivity index (χ1v) is 9.14. The van der Waals surface area contributed by atoms with Crippen LogP contribution >= 0.6 is 0 Å². The van der Waals surface area contributed by atoms with Gasteiger partial charge >= 0.3 is 0 Å². The standard InChI is InChI=1S/C19H24N4O2/c1-25-17-15(11-20)16(5-8-21-17)23-10-7-19(13-23)6-2-9-22(18(19)24)12-14-3-4-14/h5,8,14H,2-4,6-7,9-10,12-13H2,1H3/t19-/m0/s1. The molecule has 2 saturated heterocycles. The van der Waals surface area contributed by atoms with E-state index in [9.17, 15) is 10.1 Å². The Bertz CT molecular complexity index is 725. The molecule has 1 spiro atoms. The van der Waals surface area contributed by atoms with Crippen molar-refractivity contribution in [3.05, 3.63) is 17.8 Å². The van der Waals surface area contributed by atoms with Gasteiger partial charge in [-0.05, 0) is 44.1 Å². The van der Waals surface area contributed by atoms with Crippen molar-refractivity contribution in [3.8, 4) is 11.9 Å². The number of hydrogen-bond donors (Lipinski definition) is 0. The SMILES string of the molecule is COc1nccc(N2CC[C@@]3(CCCN(CC4CC4)C3=O)C2)c1C#N. The van der Waals surface area contributed by atoms with E-state index in [1.807, 2.05) is 6.07 Å². The first kappa shape index (κ1) is 16.2. The number of carbonyl (C=O) groups is 1. The molecular formula is C19H24N4O2. The van der Waals surface area contributed by atoms with Crippen LogP contribution in [0.2, 0.25) is 0 Å². The summed E-state index contributed by atoms with van der Waals surface area (Å²) in [4.78, 5) is 21.6. The maximum Gasteiger partial charge on any atom is 0.233 e. The zero-order chi connectivity index (χ0) is 17.4. The number of nitrogens with zero attached hydrogens (tertiary/aromatic N) is 4. The third-order valence-electron chi connectivity index (χ3n) is 5.89. The van der Waals surface area contributed by atoms with Crippen molar-refractivity contribution in [2.75, 3.05) is 38.2 Å². The second-order valence-corrected chi connectivity index (χ2v) is 7.58. The average Bonchev–Trinajstić information content (AvgIpc) is 3.36. The Morgan fingerprint density at radius 2 is 2.24 bits per heavy atom. The number of nitriles is 1. The summed E-state index contributed by atoms with van der Waals surface area (Å²) in [6, 6.07) is 4.07. The molecule has 1 atom stereocenters. The Morgan fingerprint density at radius 3 is 2.96 bits per heavy atom. The molecular weight excluding hydrogens is 316 g/mol. The summed E-state index contributed by atoms with van der Waals surface area (Å²) < 4.78 is 5.23. The smallest absolute Gasteiger partial charge is 0.233 e. The summed E-state index contributed by atoms with van der Waals surface area (Å²) in [5.41, 5.74) is 1.01. The third kappa shape index (κ3) is 2.82. The number of amides is 1. The number of rotatable bonds is 4. The molecule has 1 aliphatic carbocycles. The van der Waals surface area contributed by atoms with E-state index in [2.05, 4.69) is 20.9 Å². The van der Waals surface area contributed by atoms with Gasteiger partial charge in [0.15, 0.2) is 0 Å². The van der Waals surface area contributed by atoms with Crippen molar-refractivity contribution in [2.45, 2.75) is 32.1 Å². The van der Waals surface area contributed by atoms with Crippen LogP contribution in [0.3, 0.4) is 0 Å². The van der Waals surface area contributed by atoms with Gasteiger partial charge in [-0.3, -0.25) is 4.79 Å². The molecule has 0 unspecified atom stereocenters. The largest absolute Gasteiger partial charge is 0.480 e. The van der Waals surface area contributed by atoms with E-state index in [4.69, 9.17) is 4.74 Å². The van der Waals surface area contributed by atoms with Gasteiger partial charge in [-0.1, -0.05) is 0 Å². The molecule has 0 aromatic carbocycles. The lowest BCUT2D eigenvalue weighted by Gasteiger charge is -2.39. The number of aromatic nitrogens is 1. The van der Waals surface area contributed by atoms with Gasteiger partial charge in [-0.2, -0.15) is 5.26 Å². The normalized spacial score (nSPS) is 26.2. The molecule has 1 aromatic rings. The van der Waals surface area contributed by atoms with E-state index in [1.54, 1.807) is 6.20 Å². The third-order valence-corrected chi connectivity index (χ3v) is 5.89. The lowest BCUT2D eigenvalue weighted by atomic mass is 9.78. The molecule has 0 bridgehead atoms. The zero-order valence-electron chi connectivity index (χ0n) is 14.7. The molecule has 2 aliphatic heterocycles. The van der Waals surface area contributed by atoms with Gasteiger partial charge in [0.1, 0.15) is 11.6 Å². The molecule has 3 heterocycles. The topological polar surface area (TPSA) is 69.5 Å². The van der Waals surface area contributed by atoms with Gasteiger partial charge in [0.2, 0.25) is 11.8 Å². The van der Waals surface area contributed by atoms with Gasteiger partial charge in [0.25, 0.3) is 0 Å². The molecule has 1 aromatic heterocycles. The fourth-order valence-electron chi connectivity index (χ4n) is 4.35. The summed E-state index contributed by atoms with van der Waals surface area (Å²) in [5, 5.41) is 9.52. The molecule has 3 fully saturated rings. The van der Waals surface area contributed by atoms with E-state index in [1.165, 1.54) is 20.0 Å². The monoisotopic (exact) mass is 340 g/mol. The zero-order valence-corrected chi connectivity index (χ0v) is 14.7. The van der Waals surface area contributed by atoms with E-state index in [0.717, 1.165) is 50.5 Å². The molecule has 6 nitrogen and oxygen atoms in total. The minimum absolute atomic E-state index is 0.281. The first-order chi connectivity index (χ1) is 12.2. The Morgan fingerprint density at radius 1 is 1.40 bits per heavy atom. The highest BCUT2D eigenvalue weighted by Crippen LogP contribution is 2.43. The molecule has 1 amide bonds. The van der Waals surface area contributed by atoms with Gasteiger partial charge in [-0.25, -0.2) is 4.98 Å². The van der Waals surface area contributed by atoms with Crippen molar-refractivity contribution in [3.63, 3.8) is 0 Å². The van der Waals surface area contributed by atoms with Crippen LogP contribution in [0.15, 0.2) is 12.3 Å². The Balaban J connectivity index is 1.56. The number of pyridine rings is 1. The van der Waals surface area contributed by atoms with Gasteiger partial charge < -0.3 is 14.5 Å². The minimum Gasteiger partial charge on any atom is -0.480 e. The highest BCUT2D eigenvalue weighted by atomic mass is 16.5. The van der Waals surface area contributed by atoms with Crippen LogP contribution in [0, 0.1) is 22.7 Å². The van der Waals surface area contributed by atoms with Crippen molar-refractivity contribution in [1.82, 2.24) is 9.88 Å². The molecule has 1 saturated carbocycles. The minimum atomic E-state index is -0.281. The maximum absolute atomic E-state index is 13.2. The number of carbonyl (C=O) groups excluding carboxylic acids is 1. The number of ether oxygens (including phenoxy) is 1. The Kier molecular flexibility index (Phi) is 4.03. The van der Waals surface area contributed by atoms with E-state index in [0.29, 0.717) is 23.9 Å². The molecule has 6 heteroatoms. The van der Waals surface area contributed by atoms with Crippen LogP contribution in [-0.4, -0.2) is 49.1 Å². The molecule has 3 aliphatic rings. The fourth-order valence-corrected chi connectivity index (χ4v) is 4.35. The number of piperidine rings is 1.